The molecular weight excluding hydrogens is 224 g/mol. The van der Waals surface area contributed by atoms with Crippen LogP contribution >= 0.6 is 0 Å². The Morgan fingerprint density at radius 1 is 1.00 bits per heavy atom. The van der Waals surface area contributed by atoms with Gasteiger partial charge < -0.3 is 4.79 Å². The van der Waals surface area contributed by atoms with Crippen molar-refractivity contribution in [3.05, 3.63) is 0 Å². The van der Waals surface area contributed by atoms with E-state index < -0.39 is 0 Å². The summed E-state index contributed by atoms with van der Waals surface area (Å²) in [6, 6.07) is 0.905. The molecule has 18 heavy (non-hydrogen) atoms. The normalized spacial score (nSPS) is 30.2. The molecule has 0 aromatic rings. The van der Waals surface area contributed by atoms with Gasteiger partial charge in [-0.2, -0.15) is 0 Å². The van der Waals surface area contributed by atoms with Crippen LogP contribution in [0, 0.1) is 5.41 Å². The van der Waals surface area contributed by atoms with Gasteiger partial charge in [0.15, 0.2) is 0 Å². The maximum Gasteiger partial charge on any atom is 0.127 e. The summed E-state index contributed by atoms with van der Waals surface area (Å²) >= 11 is 0. The van der Waals surface area contributed by atoms with Gasteiger partial charge in [-0.05, 0) is 25.7 Å². The average Bonchev–Trinajstić information content (AvgIpc) is 3.25. The van der Waals surface area contributed by atoms with E-state index in [1.54, 1.807) is 0 Å². The molecule has 0 radical (unpaired) electrons. The Bertz CT molecular complexity index is 287. The zero-order valence-corrected chi connectivity index (χ0v) is 11.4. The third-order valence-corrected chi connectivity index (χ3v) is 5.11. The van der Waals surface area contributed by atoms with Crippen LogP contribution in [-0.2, 0) is 4.79 Å². The molecule has 0 atom stereocenters. The number of aldehydes is 1. The fourth-order valence-corrected chi connectivity index (χ4v) is 3.74. The zero-order chi connectivity index (χ0) is 12.4. The lowest BCUT2D eigenvalue weighted by atomic mass is 9.75. The number of hydrogen-bond donors (Lipinski definition) is 0. The van der Waals surface area contributed by atoms with Crippen LogP contribution in [0.4, 0.5) is 0 Å². The van der Waals surface area contributed by atoms with Gasteiger partial charge in [-0.15, -0.1) is 0 Å². The summed E-state index contributed by atoms with van der Waals surface area (Å²) in [6.45, 7) is 5.81. The Labute approximate surface area is 111 Å². The molecule has 3 aliphatic rings. The topological polar surface area (TPSA) is 23.6 Å². The molecule has 1 aliphatic heterocycles. The Balaban J connectivity index is 1.51. The fourth-order valence-electron chi connectivity index (χ4n) is 3.74. The molecule has 0 amide bonds. The molecule has 2 aliphatic carbocycles. The van der Waals surface area contributed by atoms with E-state index in [-0.39, 0.29) is 5.41 Å². The van der Waals surface area contributed by atoms with Gasteiger partial charge in [0.1, 0.15) is 6.29 Å². The van der Waals surface area contributed by atoms with Gasteiger partial charge in [0, 0.05) is 44.2 Å². The van der Waals surface area contributed by atoms with E-state index in [0.717, 1.165) is 25.4 Å². The van der Waals surface area contributed by atoms with Crippen molar-refractivity contribution in [2.24, 2.45) is 5.41 Å². The van der Waals surface area contributed by atoms with Crippen LogP contribution in [0.5, 0.6) is 0 Å². The lowest BCUT2D eigenvalue weighted by Crippen LogP contribution is -2.51. The zero-order valence-electron chi connectivity index (χ0n) is 11.4. The van der Waals surface area contributed by atoms with Crippen LogP contribution in [0.1, 0.15) is 44.9 Å². The highest BCUT2D eigenvalue weighted by Gasteiger charge is 2.36. The van der Waals surface area contributed by atoms with Crippen molar-refractivity contribution in [1.82, 2.24) is 9.80 Å². The monoisotopic (exact) mass is 250 g/mol. The molecule has 0 aromatic carbocycles. The average molecular weight is 250 g/mol. The summed E-state index contributed by atoms with van der Waals surface area (Å²) in [6.07, 6.45) is 10.2. The minimum Gasteiger partial charge on any atom is -0.303 e. The third-order valence-electron chi connectivity index (χ3n) is 5.11. The van der Waals surface area contributed by atoms with Crippen molar-refractivity contribution >= 4 is 6.29 Å². The second kappa shape index (κ2) is 5.30. The predicted octanol–water partition coefficient (Wildman–Crippen LogP) is 1.92. The van der Waals surface area contributed by atoms with Crippen LogP contribution in [-0.4, -0.2) is 54.9 Å². The summed E-state index contributed by atoms with van der Waals surface area (Å²) in [5, 5.41) is 0. The standard InChI is InChI=1S/C15H26N2O/c18-13-15(6-2-1-3-7-15)12-16-8-10-17(11-9-16)14-4-5-14/h13-14H,1-12H2. The van der Waals surface area contributed by atoms with E-state index in [1.807, 2.05) is 0 Å². The van der Waals surface area contributed by atoms with Gasteiger partial charge in [-0.3, -0.25) is 9.80 Å². The lowest BCUT2D eigenvalue weighted by Gasteiger charge is -2.41. The molecule has 0 spiro atoms. The van der Waals surface area contributed by atoms with Gasteiger partial charge in [-0.1, -0.05) is 19.3 Å². The molecule has 1 saturated heterocycles. The molecule has 0 bridgehead atoms. The van der Waals surface area contributed by atoms with E-state index in [1.165, 1.54) is 64.6 Å². The molecular formula is C15H26N2O. The quantitative estimate of drug-likeness (QED) is 0.712. The number of nitrogens with zero attached hydrogens (tertiary/aromatic N) is 2. The summed E-state index contributed by atoms with van der Waals surface area (Å²) in [7, 11) is 0. The Kier molecular flexibility index (Phi) is 3.71. The maximum atomic E-state index is 11.5. The van der Waals surface area contributed by atoms with Crippen molar-refractivity contribution in [3.8, 4) is 0 Å². The van der Waals surface area contributed by atoms with Crippen LogP contribution in [0.15, 0.2) is 0 Å². The number of hydrogen-bond acceptors (Lipinski definition) is 3. The molecule has 3 rings (SSSR count). The van der Waals surface area contributed by atoms with E-state index in [2.05, 4.69) is 9.80 Å². The number of carbonyl (C=O) groups excluding carboxylic acids is 1. The Morgan fingerprint density at radius 3 is 2.22 bits per heavy atom. The van der Waals surface area contributed by atoms with Gasteiger partial charge in [-0.25, -0.2) is 0 Å². The van der Waals surface area contributed by atoms with Crippen molar-refractivity contribution in [2.75, 3.05) is 32.7 Å². The second-order valence-corrected chi connectivity index (χ2v) is 6.58. The first-order chi connectivity index (χ1) is 8.81. The van der Waals surface area contributed by atoms with Crippen molar-refractivity contribution in [2.45, 2.75) is 51.0 Å². The lowest BCUT2D eigenvalue weighted by molar-refractivity contribution is -0.119. The maximum absolute atomic E-state index is 11.5. The van der Waals surface area contributed by atoms with Gasteiger partial charge in [0.05, 0.1) is 0 Å². The van der Waals surface area contributed by atoms with Gasteiger partial charge >= 0.3 is 0 Å². The molecule has 0 N–H and O–H groups in total. The SMILES string of the molecule is O=CC1(CN2CCN(C3CC3)CC2)CCCCC1. The predicted molar refractivity (Wildman–Crippen MR) is 72.6 cm³/mol. The molecule has 3 fully saturated rings. The first-order valence-corrected chi connectivity index (χ1v) is 7.74. The van der Waals surface area contributed by atoms with Crippen molar-refractivity contribution in [3.63, 3.8) is 0 Å². The first kappa shape index (κ1) is 12.6. The van der Waals surface area contributed by atoms with Crippen LogP contribution in [0.3, 0.4) is 0 Å². The van der Waals surface area contributed by atoms with E-state index in [4.69, 9.17) is 0 Å². The molecule has 0 aromatic heterocycles. The molecule has 3 heteroatoms. The minimum absolute atomic E-state index is 0.000000709. The highest BCUT2D eigenvalue weighted by molar-refractivity contribution is 5.60. The molecule has 2 saturated carbocycles. The third kappa shape index (κ3) is 2.77. The number of piperazine rings is 1. The van der Waals surface area contributed by atoms with Crippen LogP contribution in [0.25, 0.3) is 0 Å². The van der Waals surface area contributed by atoms with Crippen molar-refractivity contribution < 1.29 is 4.79 Å². The van der Waals surface area contributed by atoms with Crippen LogP contribution < -0.4 is 0 Å². The fraction of sp³-hybridized carbons (Fsp3) is 0.933. The van der Waals surface area contributed by atoms with E-state index >= 15 is 0 Å². The number of carbonyl (C=O) groups is 1. The van der Waals surface area contributed by atoms with Gasteiger partial charge in [0.2, 0.25) is 0 Å². The molecule has 1 heterocycles. The minimum atomic E-state index is 0.000000709. The summed E-state index contributed by atoms with van der Waals surface area (Å²) in [5.74, 6) is 0. The molecule has 3 nitrogen and oxygen atoms in total. The summed E-state index contributed by atoms with van der Waals surface area (Å²) < 4.78 is 0. The van der Waals surface area contributed by atoms with E-state index in [9.17, 15) is 4.79 Å². The van der Waals surface area contributed by atoms with Crippen LogP contribution in [0.2, 0.25) is 0 Å². The summed E-state index contributed by atoms with van der Waals surface area (Å²) in [4.78, 5) is 16.7. The first-order valence-electron chi connectivity index (χ1n) is 7.74. The highest BCUT2D eigenvalue weighted by atomic mass is 16.1. The highest BCUT2D eigenvalue weighted by Crippen LogP contribution is 2.35. The van der Waals surface area contributed by atoms with Crippen molar-refractivity contribution in [1.29, 1.82) is 0 Å². The number of rotatable bonds is 4. The second-order valence-electron chi connectivity index (χ2n) is 6.58. The smallest absolute Gasteiger partial charge is 0.127 e. The Hall–Kier alpha value is -0.410. The molecule has 102 valence electrons. The van der Waals surface area contributed by atoms with E-state index in [0.29, 0.717) is 0 Å². The summed E-state index contributed by atoms with van der Waals surface area (Å²) in [5.41, 5.74) is 0.000000709. The van der Waals surface area contributed by atoms with Gasteiger partial charge in [0.25, 0.3) is 0 Å². The Morgan fingerprint density at radius 2 is 1.67 bits per heavy atom. The molecule has 0 unspecified atom stereocenters. The largest absolute Gasteiger partial charge is 0.303 e.